The summed E-state index contributed by atoms with van der Waals surface area (Å²) in [5, 5.41) is 16.6. The predicted molar refractivity (Wildman–Crippen MR) is 72.1 cm³/mol. The second-order valence-corrected chi connectivity index (χ2v) is 5.37. The van der Waals surface area contributed by atoms with E-state index < -0.39 is 5.97 Å². The molecule has 2 heterocycles. The molecular weight excluding hydrogens is 244 g/mol. The van der Waals surface area contributed by atoms with Crippen molar-refractivity contribution < 1.29 is 9.90 Å². The molecule has 0 aliphatic carbocycles. The summed E-state index contributed by atoms with van der Waals surface area (Å²) in [5.41, 5.74) is 1.02. The third-order valence-corrected chi connectivity index (χ3v) is 4.06. The van der Waals surface area contributed by atoms with E-state index in [0.717, 1.165) is 25.1 Å². The number of likely N-dealkylation sites (tertiary alicyclic amines) is 1. The molecule has 2 unspecified atom stereocenters. The maximum atomic E-state index is 11.1. The third kappa shape index (κ3) is 3.13. The Morgan fingerprint density at radius 2 is 2.32 bits per heavy atom. The van der Waals surface area contributed by atoms with Crippen molar-refractivity contribution in [2.24, 2.45) is 7.05 Å². The first-order valence-electron chi connectivity index (χ1n) is 6.66. The number of aromatic nitrogens is 2. The maximum Gasteiger partial charge on any atom is 0.339 e. The molecule has 0 spiro atoms. The topological polar surface area (TPSA) is 70.4 Å². The molecule has 0 saturated carbocycles. The van der Waals surface area contributed by atoms with Gasteiger partial charge in [-0.15, -0.1) is 0 Å². The number of carboxylic acids is 1. The number of carboxylic acid groups (broad SMARTS) is 1. The molecule has 2 atom stereocenters. The van der Waals surface area contributed by atoms with Gasteiger partial charge in [-0.1, -0.05) is 0 Å². The van der Waals surface area contributed by atoms with Crippen LogP contribution in [0.3, 0.4) is 0 Å². The number of nitrogens with zero attached hydrogens (tertiary/aromatic N) is 3. The quantitative estimate of drug-likeness (QED) is 0.839. The highest BCUT2D eigenvalue weighted by atomic mass is 16.4. The summed E-state index contributed by atoms with van der Waals surface area (Å²) in [6.07, 6.45) is 3.61. The Bertz CT molecular complexity index is 457. The van der Waals surface area contributed by atoms with Gasteiger partial charge in [0.2, 0.25) is 0 Å². The molecule has 0 aromatic carbocycles. The lowest BCUT2D eigenvalue weighted by molar-refractivity contribution is 0.0695. The summed E-state index contributed by atoms with van der Waals surface area (Å²) in [6.45, 7) is 3.86. The molecule has 1 saturated heterocycles. The number of carbonyl (C=O) groups is 1. The van der Waals surface area contributed by atoms with Crippen LogP contribution in [-0.2, 0) is 13.6 Å². The molecule has 0 bridgehead atoms. The number of hydrogen-bond donors (Lipinski definition) is 2. The van der Waals surface area contributed by atoms with E-state index in [0.29, 0.717) is 18.6 Å². The number of aromatic carboxylic acids is 1. The van der Waals surface area contributed by atoms with Crippen LogP contribution in [0.2, 0.25) is 0 Å². The molecule has 1 fully saturated rings. The monoisotopic (exact) mass is 266 g/mol. The van der Waals surface area contributed by atoms with Crippen LogP contribution >= 0.6 is 0 Å². The molecule has 1 aromatic heterocycles. The van der Waals surface area contributed by atoms with E-state index in [1.165, 1.54) is 6.20 Å². The average Bonchev–Trinajstić information content (AvgIpc) is 2.72. The van der Waals surface area contributed by atoms with E-state index in [9.17, 15) is 4.79 Å². The average molecular weight is 266 g/mol. The van der Waals surface area contributed by atoms with Crippen LogP contribution in [0.15, 0.2) is 6.20 Å². The second kappa shape index (κ2) is 5.71. The Balaban J connectivity index is 1.96. The first-order chi connectivity index (χ1) is 8.99. The first-order valence-corrected chi connectivity index (χ1v) is 6.66. The standard InChI is InChI=1S/C13H22N4O2/c1-9-6-10(4-5-16(9)2)14-8-12-11(13(18)19)7-15-17(12)3/h7,9-10,14H,4-6,8H2,1-3H3,(H,18,19). The van der Waals surface area contributed by atoms with Crippen molar-refractivity contribution in [2.45, 2.75) is 38.4 Å². The molecule has 1 aromatic rings. The van der Waals surface area contributed by atoms with Crippen molar-refractivity contribution in [3.63, 3.8) is 0 Å². The van der Waals surface area contributed by atoms with Gasteiger partial charge < -0.3 is 15.3 Å². The molecule has 6 nitrogen and oxygen atoms in total. The van der Waals surface area contributed by atoms with Crippen LogP contribution in [0.25, 0.3) is 0 Å². The van der Waals surface area contributed by atoms with Gasteiger partial charge in [0.1, 0.15) is 5.56 Å². The zero-order valence-electron chi connectivity index (χ0n) is 11.8. The van der Waals surface area contributed by atoms with Gasteiger partial charge in [-0.25, -0.2) is 4.79 Å². The molecular formula is C13H22N4O2. The summed E-state index contributed by atoms with van der Waals surface area (Å²) in [4.78, 5) is 13.4. The highest BCUT2D eigenvalue weighted by Crippen LogP contribution is 2.16. The first kappa shape index (κ1) is 14.0. The van der Waals surface area contributed by atoms with Crippen molar-refractivity contribution in [1.82, 2.24) is 20.0 Å². The van der Waals surface area contributed by atoms with Crippen LogP contribution in [0.5, 0.6) is 0 Å². The van der Waals surface area contributed by atoms with Crippen molar-refractivity contribution in [2.75, 3.05) is 13.6 Å². The lowest BCUT2D eigenvalue weighted by atomic mass is 9.99. The lowest BCUT2D eigenvalue weighted by Crippen LogP contribution is -2.45. The summed E-state index contributed by atoms with van der Waals surface area (Å²) in [5.74, 6) is -0.915. The smallest absolute Gasteiger partial charge is 0.339 e. The minimum atomic E-state index is -0.915. The SMILES string of the molecule is CC1CC(NCc2c(C(=O)O)cnn2C)CCN1C. The molecule has 2 rings (SSSR count). The zero-order valence-corrected chi connectivity index (χ0v) is 11.8. The van der Waals surface area contributed by atoms with Gasteiger partial charge in [-0.3, -0.25) is 4.68 Å². The highest BCUT2D eigenvalue weighted by Gasteiger charge is 2.23. The fraction of sp³-hybridized carbons (Fsp3) is 0.692. The summed E-state index contributed by atoms with van der Waals surface area (Å²) >= 11 is 0. The normalized spacial score (nSPS) is 24.6. The number of hydrogen-bond acceptors (Lipinski definition) is 4. The van der Waals surface area contributed by atoms with Gasteiger partial charge in [0.15, 0.2) is 0 Å². The second-order valence-electron chi connectivity index (χ2n) is 5.37. The molecule has 6 heteroatoms. The van der Waals surface area contributed by atoms with Crippen LogP contribution < -0.4 is 5.32 Å². The van der Waals surface area contributed by atoms with Gasteiger partial charge in [-0.2, -0.15) is 5.10 Å². The predicted octanol–water partition coefficient (Wildman–Crippen LogP) is 0.691. The van der Waals surface area contributed by atoms with Crippen molar-refractivity contribution in [3.8, 4) is 0 Å². The summed E-state index contributed by atoms with van der Waals surface area (Å²) in [6, 6.07) is 1.01. The van der Waals surface area contributed by atoms with Gasteiger partial charge in [0.05, 0.1) is 11.9 Å². The number of aryl methyl sites for hydroxylation is 1. The zero-order chi connectivity index (χ0) is 14.0. The van der Waals surface area contributed by atoms with Crippen LogP contribution in [-0.4, -0.2) is 51.4 Å². The van der Waals surface area contributed by atoms with E-state index in [-0.39, 0.29) is 5.56 Å². The van der Waals surface area contributed by atoms with E-state index in [4.69, 9.17) is 5.11 Å². The molecule has 0 radical (unpaired) electrons. The van der Waals surface area contributed by atoms with Gasteiger partial charge in [0, 0.05) is 25.7 Å². The minimum absolute atomic E-state index is 0.288. The van der Waals surface area contributed by atoms with Crippen LogP contribution in [0.1, 0.15) is 35.8 Å². The van der Waals surface area contributed by atoms with Crippen molar-refractivity contribution in [3.05, 3.63) is 17.5 Å². The Morgan fingerprint density at radius 3 is 2.95 bits per heavy atom. The summed E-state index contributed by atoms with van der Waals surface area (Å²) < 4.78 is 1.63. The fourth-order valence-corrected chi connectivity index (χ4v) is 2.57. The highest BCUT2D eigenvalue weighted by molar-refractivity contribution is 5.88. The molecule has 19 heavy (non-hydrogen) atoms. The molecule has 106 valence electrons. The van der Waals surface area contributed by atoms with Crippen molar-refractivity contribution >= 4 is 5.97 Å². The molecule has 2 N–H and O–H groups in total. The Hall–Kier alpha value is -1.40. The largest absolute Gasteiger partial charge is 0.478 e. The lowest BCUT2D eigenvalue weighted by Gasteiger charge is -2.35. The molecule has 1 aliphatic heterocycles. The van der Waals surface area contributed by atoms with Gasteiger partial charge in [-0.05, 0) is 33.4 Å². The molecule has 1 aliphatic rings. The number of nitrogens with one attached hydrogen (secondary N) is 1. The minimum Gasteiger partial charge on any atom is -0.478 e. The third-order valence-electron chi connectivity index (χ3n) is 4.06. The molecule has 0 amide bonds. The van der Waals surface area contributed by atoms with E-state index in [2.05, 4.69) is 29.3 Å². The maximum absolute atomic E-state index is 11.1. The Kier molecular flexibility index (Phi) is 4.21. The number of piperidine rings is 1. The Labute approximate surface area is 113 Å². The Morgan fingerprint density at radius 1 is 1.58 bits per heavy atom. The van der Waals surface area contributed by atoms with Crippen molar-refractivity contribution in [1.29, 1.82) is 0 Å². The van der Waals surface area contributed by atoms with Crippen LogP contribution in [0, 0.1) is 0 Å². The van der Waals surface area contributed by atoms with E-state index in [1.54, 1.807) is 11.7 Å². The van der Waals surface area contributed by atoms with Gasteiger partial charge >= 0.3 is 5.97 Å². The van der Waals surface area contributed by atoms with Gasteiger partial charge in [0.25, 0.3) is 0 Å². The van der Waals surface area contributed by atoms with E-state index in [1.807, 2.05) is 0 Å². The van der Waals surface area contributed by atoms with E-state index >= 15 is 0 Å². The fourth-order valence-electron chi connectivity index (χ4n) is 2.57. The number of rotatable bonds is 4. The summed E-state index contributed by atoms with van der Waals surface area (Å²) in [7, 11) is 3.92. The van der Waals surface area contributed by atoms with Crippen LogP contribution in [0.4, 0.5) is 0 Å².